The van der Waals surface area contributed by atoms with Gasteiger partial charge < -0.3 is 10.3 Å². The van der Waals surface area contributed by atoms with Crippen molar-refractivity contribution < 1.29 is 0 Å². The molecule has 3 aromatic heterocycles. The molecule has 19 heavy (non-hydrogen) atoms. The molecule has 0 saturated carbocycles. The smallest absolute Gasteiger partial charge is 0.268 e. The van der Waals surface area contributed by atoms with Gasteiger partial charge in [0.25, 0.3) is 5.56 Å². The maximum atomic E-state index is 11.8. The van der Waals surface area contributed by atoms with Crippen molar-refractivity contribution in [1.82, 2.24) is 15.3 Å². The van der Waals surface area contributed by atoms with Crippen LogP contribution in [0.3, 0.4) is 0 Å². The van der Waals surface area contributed by atoms with Gasteiger partial charge in [0.15, 0.2) is 0 Å². The highest BCUT2D eigenvalue weighted by atomic mass is 35.5. The van der Waals surface area contributed by atoms with E-state index in [0.29, 0.717) is 23.6 Å². The summed E-state index contributed by atoms with van der Waals surface area (Å²) in [6, 6.07) is 5.72. The molecule has 2 N–H and O–H groups in total. The van der Waals surface area contributed by atoms with Crippen molar-refractivity contribution in [2.45, 2.75) is 13.1 Å². The lowest BCUT2D eigenvalue weighted by Crippen LogP contribution is -2.18. The largest absolute Gasteiger partial charge is 0.308 e. The SMILES string of the molecule is O=c1[nH]c(CNCc2ccc(Cl)s2)nc2ccsc12. The number of hydrogen-bond donors (Lipinski definition) is 2. The first-order valence-corrected chi connectivity index (χ1v) is 7.71. The Bertz CT molecular complexity index is 762. The predicted octanol–water partition coefficient (Wildman–Crippen LogP) is 2.99. The second-order valence-electron chi connectivity index (χ2n) is 3.96. The Morgan fingerprint density at radius 3 is 3.00 bits per heavy atom. The van der Waals surface area contributed by atoms with Crippen molar-refractivity contribution in [3.63, 3.8) is 0 Å². The summed E-state index contributed by atoms with van der Waals surface area (Å²) in [4.78, 5) is 20.1. The van der Waals surface area contributed by atoms with E-state index in [-0.39, 0.29) is 5.56 Å². The molecular weight excluding hydrogens is 302 g/mol. The second-order valence-corrected chi connectivity index (χ2v) is 6.67. The molecule has 3 heterocycles. The highest BCUT2D eigenvalue weighted by Crippen LogP contribution is 2.21. The van der Waals surface area contributed by atoms with Crippen molar-refractivity contribution >= 4 is 44.5 Å². The second kappa shape index (κ2) is 5.42. The zero-order valence-corrected chi connectivity index (χ0v) is 12.2. The highest BCUT2D eigenvalue weighted by molar-refractivity contribution is 7.17. The first kappa shape index (κ1) is 12.8. The molecule has 0 aliphatic rings. The molecule has 0 aliphatic heterocycles. The Morgan fingerprint density at radius 1 is 1.32 bits per heavy atom. The van der Waals surface area contributed by atoms with Crippen LogP contribution in [0.5, 0.6) is 0 Å². The summed E-state index contributed by atoms with van der Waals surface area (Å²) in [5.41, 5.74) is 0.681. The minimum atomic E-state index is -0.0732. The van der Waals surface area contributed by atoms with Crippen LogP contribution in [0.25, 0.3) is 10.2 Å². The van der Waals surface area contributed by atoms with E-state index in [1.165, 1.54) is 11.3 Å². The van der Waals surface area contributed by atoms with E-state index < -0.39 is 0 Å². The summed E-state index contributed by atoms with van der Waals surface area (Å²) in [7, 11) is 0. The van der Waals surface area contributed by atoms with Crippen LogP contribution in [-0.4, -0.2) is 9.97 Å². The summed E-state index contributed by atoms with van der Waals surface area (Å²) in [5, 5.41) is 5.11. The van der Waals surface area contributed by atoms with E-state index in [2.05, 4.69) is 15.3 Å². The Kier molecular flexibility index (Phi) is 3.65. The molecule has 0 fully saturated rings. The number of aromatic nitrogens is 2. The average molecular weight is 312 g/mol. The zero-order chi connectivity index (χ0) is 13.2. The molecule has 0 radical (unpaired) electrons. The van der Waals surface area contributed by atoms with Crippen LogP contribution in [-0.2, 0) is 13.1 Å². The van der Waals surface area contributed by atoms with E-state index in [1.807, 2.05) is 23.6 Å². The third-order valence-electron chi connectivity index (χ3n) is 2.58. The number of fused-ring (bicyclic) bond motifs is 1. The molecule has 0 atom stereocenters. The van der Waals surface area contributed by atoms with Crippen molar-refractivity contribution in [3.8, 4) is 0 Å². The van der Waals surface area contributed by atoms with Gasteiger partial charge in [-0.05, 0) is 23.6 Å². The molecule has 0 saturated heterocycles. The van der Waals surface area contributed by atoms with Gasteiger partial charge >= 0.3 is 0 Å². The molecule has 3 rings (SSSR count). The minimum Gasteiger partial charge on any atom is -0.308 e. The Hall–Kier alpha value is -1.21. The van der Waals surface area contributed by atoms with E-state index in [9.17, 15) is 4.79 Å². The fourth-order valence-electron chi connectivity index (χ4n) is 1.76. The van der Waals surface area contributed by atoms with Gasteiger partial charge in [0.1, 0.15) is 10.5 Å². The first-order valence-electron chi connectivity index (χ1n) is 5.64. The van der Waals surface area contributed by atoms with Crippen LogP contribution in [0.1, 0.15) is 10.7 Å². The Balaban J connectivity index is 1.69. The summed E-state index contributed by atoms with van der Waals surface area (Å²) in [6.45, 7) is 1.24. The fourth-order valence-corrected chi connectivity index (χ4v) is 3.54. The predicted molar refractivity (Wildman–Crippen MR) is 80.1 cm³/mol. The molecule has 0 aliphatic carbocycles. The Morgan fingerprint density at radius 2 is 2.21 bits per heavy atom. The lowest BCUT2D eigenvalue weighted by Gasteiger charge is -2.02. The summed E-state index contributed by atoms with van der Waals surface area (Å²) in [5.74, 6) is 0.651. The van der Waals surface area contributed by atoms with Crippen molar-refractivity contribution in [1.29, 1.82) is 0 Å². The zero-order valence-electron chi connectivity index (χ0n) is 9.77. The van der Waals surface area contributed by atoms with Crippen LogP contribution in [0.4, 0.5) is 0 Å². The van der Waals surface area contributed by atoms with Crippen LogP contribution >= 0.6 is 34.3 Å². The monoisotopic (exact) mass is 311 g/mol. The lowest BCUT2D eigenvalue weighted by atomic mass is 10.4. The molecule has 0 aromatic carbocycles. The van der Waals surface area contributed by atoms with Gasteiger partial charge in [-0.1, -0.05) is 11.6 Å². The highest BCUT2D eigenvalue weighted by Gasteiger charge is 2.05. The molecule has 0 unspecified atom stereocenters. The van der Waals surface area contributed by atoms with E-state index in [0.717, 1.165) is 14.7 Å². The number of halogens is 1. The number of nitrogens with one attached hydrogen (secondary N) is 2. The molecule has 0 amide bonds. The van der Waals surface area contributed by atoms with Gasteiger partial charge in [-0.3, -0.25) is 4.79 Å². The molecule has 7 heteroatoms. The van der Waals surface area contributed by atoms with Gasteiger partial charge in [0, 0.05) is 11.4 Å². The van der Waals surface area contributed by atoms with Crippen LogP contribution in [0.15, 0.2) is 28.4 Å². The van der Waals surface area contributed by atoms with Gasteiger partial charge in [0.2, 0.25) is 0 Å². The minimum absolute atomic E-state index is 0.0732. The summed E-state index contributed by atoms with van der Waals surface area (Å²) >= 11 is 8.81. The maximum Gasteiger partial charge on any atom is 0.268 e. The normalized spacial score (nSPS) is 11.2. The number of thiophene rings is 2. The molecule has 0 spiro atoms. The topological polar surface area (TPSA) is 57.8 Å². The van der Waals surface area contributed by atoms with Crippen LogP contribution < -0.4 is 10.9 Å². The third kappa shape index (κ3) is 2.87. The lowest BCUT2D eigenvalue weighted by molar-refractivity contribution is 0.669. The van der Waals surface area contributed by atoms with Crippen LogP contribution in [0.2, 0.25) is 4.34 Å². The molecule has 4 nitrogen and oxygen atoms in total. The van der Waals surface area contributed by atoms with Gasteiger partial charge in [-0.15, -0.1) is 22.7 Å². The molecule has 3 aromatic rings. The van der Waals surface area contributed by atoms with Gasteiger partial charge in [0.05, 0.1) is 16.4 Å². The van der Waals surface area contributed by atoms with Crippen molar-refractivity contribution in [3.05, 3.63) is 49.0 Å². The van der Waals surface area contributed by atoms with Crippen molar-refractivity contribution in [2.24, 2.45) is 0 Å². The number of hydrogen-bond acceptors (Lipinski definition) is 5. The quantitative estimate of drug-likeness (QED) is 0.779. The van der Waals surface area contributed by atoms with E-state index in [1.54, 1.807) is 11.3 Å². The van der Waals surface area contributed by atoms with E-state index in [4.69, 9.17) is 11.6 Å². The molecular formula is C12H10ClN3OS2. The van der Waals surface area contributed by atoms with Crippen LogP contribution in [0, 0.1) is 0 Å². The number of nitrogens with zero attached hydrogens (tertiary/aromatic N) is 1. The first-order chi connectivity index (χ1) is 9.22. The number of H-pyrrole nitrogens is 1. The van der Waals surface area contributed by atoms with Crippen molar-refractivity contribution in [2.75, 3.05) is 0 Å². The standard InChI is InChI=1S/C12H10ClN3OS2/c13-9-2-1-7(19-9)5-14-6-10-15-8-3-4-18-11(8)12(17)16-10/h1-4,14H,5-6H2,(H,15,16,17). The molecule has 0 bridgehead atoms. The van der Waals surface area contributed by atoms with Gasteiger partial charge in [-0.25, -0.2) is 4.98 Å². The molecule has 98 valence electrons. The number of rotatable bonds is 4. The number of aromatic amines is 1. The van der Waals surface area contributed by atoms with E-state index >= 15 is 0 Å². The fraction of sp³-hybridized carbons (Fsp3) is 0.167. The summed E-state index contributed by atoms with van der Waals surface area (Å²) < 4.78 is 1.46. The average Bonchev–Trinajstić information content (AvgIpc) is 2.98. The maximum absolute atomic E-state index is 11.8. The van der Waals surface area contributed by atoms with Gasteiger partial charge in [-0.2, -0.15) is 0 Å². The third-order valence-corrected chi connectivity index (χ3v) is 4.72. The summed E-state index contributed by atoms with van der Waals surface area (Å²) in [6.07, 6.45) is 0. The Labute approximate surface area is 122 Å².